The van der Waals surface area contributed by atoms with E-state index in [2.05, 4.69) is 11.4 Å². The molecular formula is C13H15NOS. The third-order valence-electron chi connectivity index (χ3n) is 2.53. The number of thiophene rings is 1. The second-order valence-corrected chi connectivity index (χ2v) is 4.63. The van der Waals surface area contributed by atoms with E-state index < -0.39 is 0 Å². The van der Waals surface area contributed by atoms with Crippen LogP contribution in [0.3, 0.4) is 0 Å². The summed E-state index contributed by atoms with van der Waals surface area (Å²) in [5.74, 6) is 0.309. The van der Waals surface area contributed by atoms with Crippen molar-refractivity contribution in [2.24, 2.45) is 5.73 Å². The Morgan fingerprint density at radius 3 is 2.56 bits per heavy atom. The van der Waals surface area contributed by atoms with Crippen LogP contribution in [0.25, 0.3) is 10.4 Å². The summed E-state index contributed by atoms with van der Waals surface area (Å²) in [6, 6.07) is 9.51. The van der Waals surface area contributed by atoms with Gasteiger partial charge in [-0.3, -0.25) is 0 Å². The standard InChI is InChI=1S/C13H15NOS/c14-8-1-2-10-7-9-16-13(10)11-3-5-12(15)6-4-11/h3-7,9,15H,1-2,8,14H2. The molecule has 3 N–H and O–H groups in total. The molecule has 0 saturated heterocycles. The van der Waals surface area contributed by atoms with E-state index in [9.17, 15) is 5.11 Å². The number of nitrogens with two attached hydrogens (primary N) is 1. The Kier molecular flexibility index (Phi) is 3.59. The van der Waals surface area contributed by atoms with Crippen molar-refractivity contribution < 1.29 is 5.11 Å². The van der Waals surface area contributed by atoms with Crippen LogP contribution in [0.2, 0.25) is 0 Å². The van der Waals surface area contributed by atoms with E-state index in [1.807, 2.05) is 12.1 Å². The van der Waals surface area contributed by atoms with Crippen LogP contribution in [0.4, 0.5) is 0 Å². The normalized spacial score (nSPS) is 10.6. The van der Waals surface area contributed by atoms with E-state index in [1.165, 1.54) is 16.0 Å². The Balaban J connectivity index is 2.26. The van der Waals surface area contributed by atoms with Gasteiger partial charge in [-0.2, -0.15) is 0 Å². The lowest BCUT2D eigenvalue weighted by atomic mass is 10.1. The van der Waals surface area contributed by atoms with Gasteiger partial charge in [0, 0.05) is 4.88 Å². The van der Waals surface area contributed by atoms with E-state index in [0.29, 0.717) is 5.75 Å². The maximum Gasteiger partial charge on any atom is 0.115 e. The number of benzene rings is 1. The van der Waals surface area contributed by atoms with Crippen LogP contribution in [0.1, 0.15) is 12.0 Å². The van der Waals surface area contributed by atoms with Crippen LogP contribution < -0.4 is 5.73 Å². The third-order valence-corrected chi connectivity index (χ3v) is 3.53. The fourth-order valence-corrected chi connectivity index (χ4v) is 2.65. The molecule has 84 valence electrons. The lowest BCUT2D eigenvalue weighted by Gasteiger charge is -2.03. The lowest BCUT2D eigenvalue weighted by molar-refractivity contribution is 0.475. The van der Waals surface area contributed by atoms with E-state index in [0.717, 1.165) is 19.4 Å². The molecular weight excluding hydrogens is 218 g/mol. The highest BCUT2D eigenvalue weighted by molar-refractivity contribution is 7.13. The van der Waals surface area contributed by atoms with Gasteiger partial charge < -0.3 is 10.8 Å². The summed E-state index contributed by atoms with van der Waals surface area (Å²) in [5.41, 5.74) is 8.04. The molecule has 0 amide bonds. The minimum Gasteiger partial charge on any atom is -0.508 e. The topological polar surface area (TPSA) is 46.2 Å². The van der Waals surface area contributed by atoms with Gasteiger partial charge in [0.1, 0.15) is 5.75 Å². The average molecular weight is 233 g/mol. The molecule has 16 heavy (non-hydrogen) atoms. The minimum absolute atomic E-state index is 0.309. The molecule has 0 radical (unpaired) electrons. The number of hydrogen-bond donors (Lipinski definition) is 2. The largest absolute Gasteiger partial charge is 0.508 e. The highest BCUT2D eigenvalue weighted by atomic mass is 32.1. The summed E-state index contributed by atoms with van der Waals surface area (Å²) in [4.78, 5) is 1.29. The first-order valence-corrected chi connectivity index (χ1v) is 6.25. The molecule has 3 heteroatoms. The van der Waals surface area contributed by atoms with Crippen molar-refractivity contribution in [1.29, 1.82) is 0 Å². The SMILES string of the molecule is NCCCc1ccsc1-c1ccc(O)cc1. The molecule has 1 heterocycles. The Labute approximate surface area is 99.4 Å². The minimum atomic E-state index is 0.309. The van der Waals surface area contributed by atoms with Gasteiger partial charge in [0.25, 0.3) is 0 Å². The monoisotopic (exact) mass is 233 g/mol. The summed E-state index contributed by atoms with van der Waals surface area (Å²) >= 11 is 1.74. The highest BCUT2D eigenvalue weighted by Crippen LogP contribution is 2.31. The van der Waals surface area contributed by atoms with Crippen LogP contribution in [0, 0.1) is 0 Å². The first-order chi connectivity index (χ1) is 7.81. The van der Waals surface area contributed by atoms with Crippen LogP contribution in [-0.4, -0.2) is 11.7 Å². The summed E-state index contributed by atoms with van der Waals surface area (Å²) in [6.07, 6.45) is 2.04. The van der Waals surface area contributed by atoms with E-state index >= 15 is 0 Å². The van der Waals surface area contributed by atoms with Crippen molar-refractivity contribution in [3.63, 3.8) is 0 Å². The van der Waals surface area contributed by atoms with Crippen LogP contribution in [0.5, 0.6) is 5.75 Å². The van der Waals surface area contributed by atoms with Crippen molar-refractivity contribution >= 4 is 11.3 Å². The molecule has 0 unspecified atom stereocenters. The quantitative estimate of drug-likeness (QED) is 0.852. The Morgan fingerprint density at radius 2 is 1.88 bits per heavy atom. The van der Waals surface area contributed by atoms with Crippen molar-refractivity contribution in [2.75, 3.05) is 6.54 Å². The second kappa shape index (κ2) is 5.14. The molecule has 0 aliphatic rings. The summed E-state index contributed by atoms with van der Waals surface area (Å²) in [5, 5.41) is 11.4. The summed E-state index contributed by atoms with van der Waals surface area (Å²) in [7, 11) is 0. The van der Waals surface area contributed by atoms with Gasteiger partial charge in [0.05, 0.1) is 0 Å². The zero-order chi connectivity index (χ0) is 11.4. The Morgan fingerprint density at radius 1 is 1.12 bits per heavy atom. The zero-order valence-corrected chi connectivity index (χ0v) is 9.83. The molecule has 2 aromatic rings. The van der Waals surface area contributed by atoms with Crippen molar-refractivity contribution in [3.05, 3.63) is 41.3 Å². The van der Waals surface area contributed by atoms with Crippen molar-refractivity contribution in [3.8, 4) is 16.2 Å². The van der Waals surface area contributed by atoms with Gasteiger partial charge in [-0.25, -0.2) is 0 Å². The molecule has 1 aromatic heterocycles. The zero-order valence-electron chi connectivity index (χ0n) is 9.02. The third kappa shape index (κ3) is 2.43. The van der Waals surface area contributed by atoms with Crippen molar-refractivity contribution in [2.45, 2.75) is 12.8 Å². The average Bonchev–Trinajstić information content (AvgIpc) is 2.75. The van der Waals surface area contributed by atoms with Gasteiger partial charge in [0.2, 0.25) is 0 Å². The van der Waals surface area contributed by atoms with E-state index in [4.69, 9.17) is 5.73 Å². The summed E-state index contributed by atoms with van der Waals surface area (Å²) in [6.45, 7) is 0.727. The molecule has 0 aliphatic heterocycles. The lowest BCUT2D eigenvalue weighted by Crippen LogP contribution is -2.00. The number of aryl methyl sites for hydroxylation is 1. The van der Waals surface area contributed by atoms with Gasteiger partial charge >= 0.3 is 0 Å². The van der Waals surface area contributed by atoms with Gasteiger partial charge in [-0.15, -0.1) is 11.3 Å². The van der Waals surface area contributed by atoms with E-state index in [-0.39, 0.29) is 0 Å². The second-order valence-electron chi connectivity index (χ2n) is 3.71. The molecule has 2 rings (SSSR count). The molecule has 0 aliphatic carbocycles. The maximum absolute atomic E-state index is 9.25. The molecule has 0 saturated carbocycles. The smallest absolute Gasteiger partial charge is 0.115 e. The molecule has 1 aromatic carbocycles. The number of phenolic OH excluding ortho intramolecular Hbond substituents is 1. The molecule has 2 nitrogen and oxygen atoms in total. The first kappa shape index (κ1) is 11.2. The predicted molar refractivity (Wildman–Crippen MR) is 68.8 cm³/mol. The van der Waals surface area contributed by atoms with Crippen molar-refractivity contribution in [1.82, 2.24) is 0 Å². The molecule has 0 bridgehead atoms. The molecule has 0 spiro atoms. The maximum atomic E-state index is 9.25. The number of rotatable bonds is 4. The summed E-state index contributed by atoms with van der Waals surface area (Å²) < 4.78 is 0. The highest BCUT2D eigenvalue weighted by Gasteiger charge is 2.06. The fraction of sp³-hybridized carbons (Fsp3) is 0.231. The molecule has 0 atom stereocenters. The van der Waals surface area contributed by atoms with Crippen LogP contribution in [-0.2, 0) is 6.42 Å². The Bertz CT molecular complexity index is 447. The van der Waals surface area contributed by atoms with Crippen LogP contribution in [0.15, 0.2) is 35.7 Å². The Hall–Kier alpha value is -1.32. The number of hydrogen-bond acceptors (Lipinski definition) is 3. The van der Waals surface area contributed by atoms with Crippen LogP contribution >= 0.6 is 11.3 Å². The number of phenols is 1. The fourth-order valence-electron chi connectivity index (χ4n) is 1.69. The molecule has 0 fully saturated rings. The van der Waals surface area contributed by atoms with Gasteiger partial charge in [-0.05, 0) is 66.2 Å². The first-order valence-electron chi connectivity index (χ1n) is 5.37. The van der Waals surface area contributed by atoms with Gasteiger partial charge in [-0.1, -0.05) is 0 Å². The van der Waals surface area contributed by atoms with E-state index in [1.54, 1.807) is 23.5 Å². The predicted octanol–water partition coefficient (Wildman–Crippen LogP) is 3.01. The van der Waals surface area contributed by atoms with Gasteiger partial charge in [0.15, 0.2) is 0 Å². The number of aromatic hydroxyl groups is 1.